The third-order valence-electron chi connectivity index (χ3n) is 4.30. The lowest BCUT2D eigenvalue weighted by Crippen LogP contribution is -2.53. The monoisotopic (exact) mass is 329 g/mol. The number of rotatable bonds is 1. The fraction of sp³-hybridized carbons (Fsp3) is 0.643. The number of carbonyl (C=O) groups excluding carboxylic acids is 1. The van der Waals surface area contributed by atoms with Gasteiger partial charge in [0.2, 0.25) is 5.91 Å². The highest BCUT2D eigenvalue weighted by atomic mass is 32.2. The number of aryl methyl sites for hydroxylation is 1. The highest BCUT2D eigenvalue weighted by Gasteiger charge is 2.38. The minimum absolute atomic E-state index is 0.0498. The van der Waals surface area contributed by atoms with Gasteiger partial charge >= 0.3 is 0 Å². The van der Waals surface area contributed by atoms with E-state index in [0.29, 0.717) is 12.3 Å². The number of amides is 1. The summed E-state index contributed by atoms with van der Waals surface area (Å²) in [5.74, 6) is 1.85. The second kappa shape index (κ2) is 5.81. The quantitative estimate of drug-likeness (QED) is 0.794. The van der Waals surface area contributed by atoms with Crippen LogP contribution in [0.1, 0.15) is 29.5 Å². The molecule has 0 unspecified atom stereocenters. The highest BCUT2D eigenvalue weighted by molar-refractivity contribution is 8.00. The largest absolute Gasteiger partial charge is 0.337 e. The van der Waals surface area contributed by atoms with Gasteiger partial charge in [0, 0.05) is 34.0 Å². The first-order chi connectivity index (χ1) is 9.59. The Morgan fingerprint density at radius 1 is 1.45 bits per heavy atom. The Labute approximate surface area is 130 Å². The van der Waals surface area contributed by atoms with Crippen LogP contribution in [0.5, 0.6) is 0 Å². The first-order valence-electron chi connectivity index (χ1n) is 6.95. The molecule has 2 aliphatic rings. The zero-order valence-electron chi connectivity index (χ0n) is 11.7. The Kier molecular flexibility index (Phi) is 4.24. The number of carbonyl (C=O) groups is 1. The van der Waals surface area contributed by atoms with Crippen LogP contribution in [0.15, 0.2) is 11.4 Å². The van der Waals surface area contributed by atoms with Crippen LogP contribution >= 0.6 is 23.1 Å². The molecule has 1 aromatic rings. The van der Waals surface area contributed by atoms with Gasteiger partial charge in [-0.3, -0.25) is 9.00 Å². The first-order valence-corrected chi connectivity index (χ1v) is 10.3. The fourth-order valence-corrected chi connectivity index (χ4v) is 6.56. The van der Waals surface area contributed by atoms with Crippen LogP contribution < -0.4 is 0 Å². The van der Waals surface area contributed by atoms with Crippen LogP contribution in [0.4, 0.5) is 0 Å². The van der Waals surface area contributed by atoms with Gasteiger partial charge in [0.15, 0.2) is 0 Å². The Morgan fingerprint density at radius 2 is 2.25 bits per heavy atom. The van der Waals surface area contributed by atoms with E-state index in [1.54, 1.807) is 23.1 Å². The van der Waals surface area contributed by atoms with Gasteiger partial charge in [-0.2, -0.15) is 0 Å². The zero-order valence-corrected chi connectivity index (χ0v) is 14.2. The summed E-state index contributed by atoms with van der Waals surface area (Å²) < 4.78 is 11.9. The molecule has 1 aromatic heterocycles. The Morgan fingerprint density at radius 3 is 3.05 bits per heavy atom. The molecule has 20 heavy (non-hydrogen) atoms. The standard InChI is InChI=1S/C14H19NO2S3/c1-9-10(2)20(17)8-5-15(9)14(16)13-11-3-6-18-12(11)4-7-19-13/h3,6,9-10,13H,4-5,7-8H2,1-2H3/t9-,10+,13-,20+/m1/s1. The van der Waals surface area contributed by atoms with Crippen LogP contribution in [0.3, 0.4) is 0 Å². The molecule has 0 spiro atoms. The first kappa shape index (κ1) is 14.6. The van der Waals surface area contributed by atoms with E-state index in [-0.39, 0.29) is 22.4 Å². The number of thiophene rings is 1. The number of nitrogens with zero attached hydrogens (tertiary/aromatic N) is 1. The van der Waals surface area contributed by atoms with Crippen molar-refractivity contribution < 1.29 is 9.00 Å². The second-order valence-corrected chi connectivity index (χ2v) is 9.49. The number of hydrogen-bond donors (Lipinski definition) is 0. The third-order valence-corrected chi connectivity index (χ3v) is 8.34. The molecule has 0 bridgehead atoms. The molecule has 2 aliphatic heterocycles. The van der Waals surface area contributed by atoms with Crippen molar-refractivity contribution in [3.05, 3.63) is 21.9 Å². The second-order valence-electron chi connectivity index (χ2n) is 5.36. The summed E-state index contributed by atoms with van der Waals surface area (Å²) in [5.41, 5.74) is 1.21. The predicted octanol–water partition coefficient (Wildman–Crippen LogP) is 2.45. The molecule has 6 heteroatoms. The normalized spacial score (nSPS) is 33.8. The lowest BCUT2D eigenvalue weighted by molar-refractivity contribution is -0.132. The number of hydrogen-bond acceptors (Lipinski definition) is 4. The summed E-state index contributed by atoms with van der Waals surface area (Å²) in [7, 11) is -0.793. The van der Waals surface area contributed by atoms with Gasteiger partial charge in [-0.15, -0.1) is 23.1 Å². The maximum Gasteiger partial charge on any atom is 0.240 e. The van der Waals surface area contributed by atoms with Gasteiger partial charge < -0.3 is 4.90 Å². The average molecular weight is 330 g/mol. The predicted molar refractivity (Wildman–Crippen MR) is 86.9 cm³/mol. The zero-order chi connectivity index (χ0) is 14.3. The molecular weight excluding hydrogens is 310 g/mol. The summed E-state index contributed by atoms with van der Waals surface area (Å²) in [4.78, 5) is 16.2. The minimum Gasteiger partial charge on any atom is -0.337 e. The van der Waals surface area contributed by atoms with Crippen LogP contribution in [-0.2, 0) is 22.0 Å². The van der Waals surface area contributed by atoms with E-state index in [9.17, 15) is 9.00 Å². The maximum atomic E-state index is 12.9. The van der Waals surface area contributed by atoms with Crippen molar-refractivity contribution in [2.75, 3.05) is 18.1 Å². The van der Waals surface area contributed by atoms with Crippen molar-refractivity contribution in [1.82, 2.24) is 4.90 Å². The van der Waals surface area contributed by atoms with Crippen molar-refractivity contribution in [1.29, 1.82) is 0 Å². The van der Waals surface area contributed by atoms with Crippen LogP contribution in [0.2, 0.25) is 0 Å². The van der Waals surface area contributed by atoms with Gasteiger partial charge in [0.25, 0.3) is 0 Å². The summed E-state index contributed by atoms with van der Waals surface area (Å²) in [6, 6.07) is 2.17. The topological polar surface area (TPSA) is 37.4 Å². The Hall–Kier alpha value is -0.330. The molecule has 0 saturated carbocycles. The molecule has 3 rings (SSSR count). The SMILES string of the molecule is C[C@@H]1[C@H](C)[S@@](=O)CCN1C(=O)[C@@H]1SCCc2sccc21. The molecule has 0 aliphatic carbocycles. The van der Waals surface area contributed by atoms with Gasteiger partial charge in [-0.05, 0) is 43.0 Å². The van der Waals surface area contributed by atoms with Crippen LogP contribution in [0.25, 0.3) is 0 Å². The van der Waals surface area contributed by atoms with Gasteiger partial charge in [-0.1, -0.05) is 0 Å². The van der Waals surface area contributed by atoms with Crippen LogP contribution in [0, 0.1) is 0 Å². The smallest absolute Gasteiger partial charge is 0.240 e. The molecule has 1 saturated heterocycles. The van der Waals surface area contributed by atoms with Gasteiger partial charge in [0.05, 0.1) is 5.25 Å². The lowest BCUT2D eigenvalue weighted by atomic mass is 10.1. The summed E-state index contributed by atoms with van der Waals surface area (Å²) in [5, 5.41) is 2.11. The molecule has 110 valence electrons. The third kappa shape index (κ3) is 2.46. The molecule has 3 heterocycles. The van der Waals surface area contributed by atoms with Crippen molar-refractivity contribution in [3.8, 4) is 0 Å². The van der Waals surface area contributed by atoms with Crippen molar-refractivity contribution in [2.24, 2.45) is 0 Å². The number of thioether (sulfide) groups is 1. The maximum absolute atomic E-state index is 12.9. The minimum atomic E-state index is -0.793. The molecule has 1 amide bonds. The number of fused-ring (bicyclic) bond motifs is 1. The fourth-order valence-electron chi connectivity index (χ4n) is 2.86. The van der Waals surface area contributed by atoms with E-state index < -0.39 is 10.8 Å². The van der Waals surface area contributed by atoms with E-state index >= 15 is 0 Å². The van der Waals surface area contributed by atoms with Crippen molar-refractivity contribution in [2.45, 2.75) is 36.8 Å². The lowest BCUT2D eigenvalue weighted by Gasteiger charge is -2.39. The van der Waals surface area contributed by atoms with E-state index in [0.717, 1.165) is 12.2 Å². The summed E-state index contributed by atoms with van der Waals surface area (Å²) >= 11 is 3.52. The van der Waals surface area contributed by atoms with Crippen LogP contribution in [-0.4, -0.2) is 44.4 Å². The molecule has 0 N–H and O–H groups in total. The van der Waals surface area contributed by atoms with E-state index in [1.807, 2.05) is 18.7 Å². The van der Waals surface area contributed by atoms with Crippen molar-refractivity contribution >= 4 is 39.8 Å². The highest BCUT2D eigenvalue weighted by Crippen LogP contribution is 2.41. The molecule has 0 aromatic carbocycles. The average Bonchev–Trinajstić information content (AvgIpc) is 2.92. The molecule has 1 fully saturated rings. The van der Waals surface area contributed by atoms with Crippen molar-refractivity contribution in [3.63, 3.8) is 0 Å². The molecular formula is C14H19NO2S3. The van der Waals surface area contributed by atoms with Gasteiger partial charge in [-0.25, -0.2) is 0 Å². The Balaban J connectivity index is 1.82. The summed E-state index contributed by atoms with van der Waals surface area (Å²) in [6.45, 7) is 4.65. The Bertz CT molecular complexity index is 542. The van der Waals surface area contributed by atoms with E-state index in [2.05, 4.69) is 11.4 Å². The van der Waals surface area contributed by atoms with Gasteiger partial charge in [0.1, 0.15) is 5.25 Å². The summed E-state index contributed by atoms with van der Waals surface area (Å²) in [6.07, 6.45) is 1.08. The molecule has 3 nitrogen and oxygen atoms in total. The molecule has 0 radical (unpaired) electrons. The molecule has 4 atom stereocenters. The van der Waals surface area contributed by atoms with E-state index in [1.165, 1.54) is 10.4 Å². The van der Waals surface area contributed by atoms with E-state index in [4.69, 9.17) is 0 Å².